The SMILES string of the molecule is C=C(C)Cn1nnc(C(=O)O)c1C1CCC1. The largest absolute Gasteiger partial charge is 0.476 e. The van der Waals surface area contributed by atoms with Crippen LogP contribution in [0.25, 0.3) is 0 Å². The van der Waals surface area contributed by atoms with Crippen LogP contribution in [0, 0.1) is 0 Å². The van der Waals surface area contributed by atoms with E-state index in [0.717, 1.165) is 30.5 Å². The smallest absolute Gasteiger partial charge is 0.358 e. The van der Waals surface area contributed by atoms with Crippen LogP contribution in [0.4, 0.5) is 0 Å². The van der Waals surface area contributed by atoms with Gasteiger partial charge in [-0.25, -0.2) is 9.48 Å². The molecule has 1 aliphatic rings. The minimum Gasteiger partial charge on any atom is -0.476 e. The molecule has 0 aromatic carbocycles. The van der Waals surface area contributed by atoms with E-state index in [-0.39, 0.29) is 5.69 Å². The summed E-state index contributed by atoms with van der Waals surface area (Å²) < 4.78 is 1.68. The van der Waals surface area contributed by atoms with E-state index in [1.807, 2.05) is 6.92 Å². The van der Waals surface area contributed by atoms with Crippen molar-refractivity contribution in [2.24, 2.45) is 0 Å². The van der Waals surface area contributed by atoms with Gasteiger partial charge in [0.05, 0.1) is 12.2 Å². The van der Waals surface area contributed by atoms with Crippen molar-refractivity contribution in [2.75, 3.05) is 0 Å². The van der Waals surface area contributed by atoms with E-state index in [4.69, 9.17) is 5.11 Å². The van der Waals surface area contributed by atoms with Gasteiger partial charge in [0.1, 0.15) is 0 Å². The maximum absolute atomic E-state index is 11.0. The summed E-state index contributed by atoms with van der Waals surface area (Å²) in [5, 5.41) is 16.7. The topological polar surface area (TPSA) is 68.0 Å². The highest BCUT2D eigenvalue weighted by Crippen LogP contribution is 2.37. The summed E-state index contributed by atoms with van der Waals surface area (Å²) in [6, 6.07) is 0. The maximum atomic E-state index is 11.0. The van der Waals surface area contributed by atoms with Crippen LogP contribution in [-0.2, 0) is 6.54 Å². The van der Waals surface area contributed by atoms with Crippen LogP contribution >= 0.6 is 0 Å². The van der Waals surface area contributed by atoms with Crippen LogP contribution in [0.2, 0.25) is 0 Å². The molecule has 5 heteroatoms. The number of aromatic carboxylic acids is 1. The Morgan fingerprint density at radius 3 is 2.75 bits per heavy atom. The van der Waals surface area contributed by atoms with Crippen LogP contribution < -0.4 is 0 Å². The first-order valence-electron chi connectivity index (χ1n) is 5.40. The number of hydrogen-bond donors (Lipinski definition) is 1. The highest BCUT2D eigenvalue weighted by molar-refractivity contribution is 5.86. The van der Waals surface area contributed by atoms with Gasteiger partial charge in [-0.2, -0.15) is 0 Å². The number of rotatable bonds is 4. The number of carbonyl (C=O) groups is 1. The molecule has 5 nitrogen and oxygen atoms in total. The lowest BCUT2D eigenvalue weighted by Gasteiger charge is -2.26. The Labute approximate surface area is 93.8 Å². The molecule has 86 valence electrons. The molecule has 2 rings (SSSR count). The molecular weight excluding hydrogens is 206 g/mol. The third-order valence-corrected chi connectivity index (χ3v) is 2.89. The number of nitrogens with zero attached hydrogens (tertiary/aromatic N) is 3. The van der Waals surface area contributed by atoms with Crippen molar-refractivity contribution in [1.82, 2.24) is 15.0 Å². The molecule has 0 saturated heterocycles. The van der Waals surface area contributed by atoms with Crippen molar-refractivity contribution < 1.29 is 9.90 Å². The lowest BCUT2D eigenvalue weighted by Crippen LogP contribution is -2.18. The lowest BCUT2D eigenvalue weighted by atomic mass is 9.82. The molecule has 1 N–H and O–H groups in total. The number of aromatic nitrogens is 3. The van der Waals surface area contributed by atoms with Gasteiger partial charge in [0, 0.05) is 5.92 Å². The van der Waals surface area contributed by atoms with Crippen molar-refractivity contribution in [2.45, 2.75) is 38.6 Å². The van der Waals surface area contributed by atoms with Gasteiger partial charge in [-0.05, 0) is 19.8 Å². The van der Waals surface area contributed by atoms with Gasteiger partial charge in [-0.15, -0.1) is 5.10 Å². The van der Waals surface area contributed by atoms with Gasteiger partial charge in [0.25, 0.3) is 0 Å². The summed E-state index contributed by atoms with van der Waals surface area (Å²) >= 11 is 0. The fourth-order valence-electron chi connectivity index (χ4n) is 1.93. The lowest BCUT2D eigenvalue weighted by molar-refractivity contribution is 0.0687. The standard InChI is InChI=1S/C11H15N3O2/c1-7(2)6-14-10(8-4-3-5-8)9(11(15)16)12-13-14/h8H,1,3-6H2,2H3,(H,15,16). The van der Waals surface area contributed by atoms with Gasteiger partial charge < -0.3 is 5.11 Å². The molecule has 0 radical (unpaired) electrons. The van der Waals surface area contributed by atoms with Crippen LogP contribution in [0.15, 0.2) is 12.2 Å². The second-order valence-electron chi connectivity index (χ2n) is 4.37. The summed E-state index contributed by atoms with van der Waals surface area (Å²) in [6.45, 7) is 6.26. The van der Waals surface area contributed by atoms with E-state index < -0.39 is 5.97 Å². The number of hydrogen-bond acceptors (Lipinski definition) is 3. The Morgan fingerprint density at radius 1 is 1.62 bits per heavy atom. The quantitative estimate of drug-likeness (QED) is 0.787. The Kier molecular flexibility index (Phi) is 2.77. The van der Waals surface area contributed by atoms with Gasteiger partial charge in [0.2, 0.25) is 0 Å². The Morgan fingerprint density at radius 2 is 2.31 bits per heavy atom. The molecule has 1 heterocycles. The van der Waals surface area contributed by atoms with Gasteiger partial charge >= 0.3 is 5.97 Å². The van der Waals surface area contributed by atoms with E-state index in [1.54, 1.807) is 4.68 Å². The first-order valence-corrected chi connectivity index (χ1v) is 5.40. The summed E-state index contributed by atoms with van der Waals surface area (Å²) in [4.78, 5) is 11.0. The molecule has 1 saturated carbocycles. The Hall–Kier alpha value is -1.65. The fraction of sp³-hybridized carbons (Fsp3) is 0.545. The zero-order valence-corrected chi connectivity index (χ0v) is 9.31. The average molecular weight is 221 g/mol. The van der Waals surface area contributed by atoms with Crippen LogP contribution in [0.3, 0.4) is 0 Å². The Balaban J connectivity index is 2.36. The second kappa shape index (κ2) is 4.08. The molecule has 16 heavy (non-hydrogen) atoms. The van der Waals surface area contributed by atoms with E-state index in [0.29, 0.717) is 12.5 Å². The first-order chi connectivity index (χ1) is 7.59. The minimum atomic E-state index is -0.991. The van der Waals surface area contributed by atoms with Crippen molar-refractivity contribution >= 4 is 5.97 Å². The van der Waals surface area contributed by atoms with Crippen LogP contribution in [0.5, 0.6) is 0 Å². The highest BCUT2D eigenvalue weighted by Gasteiger charge is 2.30. The predicted molar refractivity (Wildman–Crippen MR) is 58.4 cm³/mol. The van der Waals surface area contributed by atoms with E-state index in [2.05, 4.69) is 16.9 Å². The third-order valence-electron chi connectivity index (χ3n) is 2.89. The summed E-state index contributed by atoms with van der Waals surface area (Å²) in [7, 11) is 0. The van der Waals surface area contributed by atoms with Crippen LogP contribution in [-0.4, -0.2) is 26.1 Å². The molecule has 0 atom stereocenters. The molecule has 1 aromatic rings. The van der Waals surface area contributed by atoms with Gasteiger partial charge in [0.15, 0.2) is 5.69 Å². The van der Waals surface area contributed by atoms with Crippen molar-refractivity contribution in [3.8, 4) is 0 Å². The molecule has 0 unspecified atom stereocenters. The monoisotopic (exact) mass is 221 g/mol. The summed E-state index contributed by atoms with van der Waals surface area (Å²) in [5.41, 5.74) is 1.81. The van der Waals surface area contributed by atoms with E-state index in [1.165, 1.54) is 0 Å². The van der Waals surface area contributed by atoms with Gasteiger partial charge in [-0.1, -0.05) is 23.8 Å². The molecule has 1 fully saturated rings. The number of carboxylic acid groups (broad SMARTS) is 1. The summed E-state index contributed by atoms with van der Waals surface area (Å²) in [5.74, 6) is -0.685. The highest BCUT2D eigenvalue weighted by atomic mass is 16.4. The normalized spacial score (nSPS) is 15.8. The zero-order chi connectivity index (χ0) is 11.7. The molecule has 0 spiro atoms. The minimum absolute atomic E-state index is 0.103. The Bertz CT molecular complexity index is 432. The molecule has 1 aliphatic carbocycles. The van der Waals surface area contributed by atoms with Crippen LogP contribution in [0.1, 0.15) is 48.3 Å². The van der Waals surface area contributed by atoms with Crippen molar-refractivity contribution in [3.05, 3.63) is 23.5 Å². The first kappa shape index (κ1) is 10.9. The average Bonchev–Trinajstić information content (AvgIpc) is 2.45. The van der Waals surface area contributed by atoms with Crippen molar-refractivity contribution in [3.63, 3.8) is 0 Å². The van der Waals surface area contributed by atoms with E-state index in [9.17, 15) is 4.79 Å². The second-order valence-corrected chi connectivity index (χ2v) is 4.37. The fourth-order valence-corrected chi connectivity index (χ4v) is 1.93. The molecular formula is C11H15N3O2. The van der Waals surface area contributed by atoms with E-state index >= 15 is 0 Å². The number of allylic oxidation sites excluding steroid dienone is 1. The molecule has 0 aliphatic heterocycles. The molecule has 0 amide bonds. The maximum Gasteiger partial charge on any atom is 0.358 e. The molecule has 1 aromatic heterocycles. The number of carboxylic acids is 1. The zero-order valence-electron chi connectivity index (χ0n) is 9.31. The van der Waals surface area contributed by atoms with Crippen molar-refractivity contribution in [1.29, 1.82) is 0 Å². The molecule has 0 bridgehead atoms. The predicted octanol–water partition coefficient (Wildman–Crippen LogP) is 1.82. The third kappa shape index (κ3) is 1.85. The van der Waals surface area contributed by atoms with Gasteiger partial charge in [-0.3, -0.25) is 0 Å². The summed E-state index contributed by atoms with van der Waals surface area (Å²) in [6.07, 6.45) is 3.22.